The van der Waals surface area contributed by atoms with Crippen LogP contribution >= 0.6 is 0 Å². The number of hydrogen-bond acceptors (Lipinski definition) is 3. The summed E-state index contributed by atoms with van der Waals surface area (Å²) in [5.74, 6) is -1.08. The topological polar surface area (TPSA) is 66.5 Å². The molecule has 0 aliphatic heterocycles. The molecule has 0 radical (unpaired) electrons. The summed E-state index contributed by atoms with van der Waals surface area (Å²) < 4.78 is 39.3. The van der Waals surface area contributed by atoms with Crippen LogP contribution in [-0.4, -0.2) is 32.7 Å². The lowest BCUT2D eigenvalue weighted by molar-refractivity contribution is -0.123. The van der Waals surface area contributed by atoms with Crippen molar-refractivity contribution in [1.29, 1.82) is 0 Å². The number of hydrogen-bond donors (Lipinski definition) is 1. The molecule has 0 aliphatic rings. The first-order valence-corrected chi connectivity index (χ1v) is 9.65. The fourth-order valence-corrected chi connectivity index (χ4v) is 3.67. The molecule has 1 aromatic carbocycles. The van der Waals surface area contributed by atoms with Gasteiger partial charge in [-0.2, -0.15) is 0 Å². The highest BCUT2D eigenvalue weighted by Gasteiger charge is 2.33. The monoisotopic (exact) mass is 344 g/mol. The largest absolute Gasteiger partial charge is 0.352 e. The number of anilines is 1. The molecule has 1 aromatic rings. The zero-order chi connectivity index (χ0) is 17.6. The average Bonchev–Trinajstić information content (AvgIpc) is 2.49. The van der Waals surface area contributed by atoms with Gasteiger partial charge >= 0.3 is 0 Å². The van der Waals surface area contributed by atoms with E-state index >= 15 is 0 Å². The molecule has 7 heteroatoms. The summed E-state index contributed by atoms with van der Waals surface area (Å²) in [6.07, 6.45) is 2.72. The van der Waals surface area contributed by atoms with Gasteiger partial charge in [-0.1, -0.05) is 32.9 Å². The van der Waals surface area contributed by atoms with Gasteiger partial charge in [0.15, 0.2) is 0 Å². The average molecular weight is 344 g/mol. The van der Waals surface area contributed by atoms with Gasteiger partial charge in [-0.3, -0.25) is 9.10 Å². The Balaban J connectivity index is 3.24. The summed E-state index contributed by atoms with van der Waals surface area (Å²) >= 11 is 0. The molecule has 0 aliphatic carbocycles. The van der Waals surface area contributed by atoms with Crippen molar-refractivity contribution in [2.45, 2.75) is 52.1 Å². The molecule has 0 saturated carbocycles. The van der Waals surface area contributed by atoms with E-state index in [1.165, 1.54) is 18.2 Å². The second-order valence-corrected chi connectivity index (χ2v) is 7.32. The molecule has 1 atom stereocenters. The van der Waals surface area contributed by atoms with Gasteiger partial charge in [0.25, 0.3) is 0 Å². The maximum atomic E-state index is 14.1. The normalized spacial score (nSPS) is 13.0. The Labute approximate surface area is 137 Å². The smallest absolute Gasteiger partial charge is 0.244 e. The number of rotatable bonds is 8. The highest BCUT2D eigenvalue weighted by atomic mass is 32.2. The van der Waals surface area contributed by atoms with Crippen LogP contribution in [0.15, 0.2) is 24.3 Å². The first-order valence-electron chi connectivity index (χ1n) is 7.80. The molecule has 1 unspecified atom stereocenters. The van der Waals surface area contributed by atoms with Crippen molar-refractivity contribution in [1.82, 2.24) is 5.32 Å². The number of benzene rings is 1. The molecule has 1 N–H and O–H groups in total. The molecule has 23 heavy (non-hydrogen) atoms. The van der Waals surface area contributed by atoms with Crippen LogP contribution in [0.4, 0.5) is 10.1 Å². The van der Waals surface area contributed by atoms with E-state index in [1.54, 1.807) is 13.0 Å². The first-order chi connectivity index (χ1) is 10.8. The molecule has 1 rings (SSSR count). The summed E-state index contributed by atoms with van der Waals surface area (Å²) in [5, 5.41) is 2.84. The van der Waals surface area contributed by atoms with Crippen molar-refractivity contribution < 1.29 is 17.6 Å². The number of halogens is 1. The van der Waals surface area contributed by atoms with Crippen molar-refractivity contribution >= 4 is 21.6 Å². The van der Waals surface area contributed by atoms with Gasteiger partial charge in [-0.15, -0.1) is 0 Å². The Kier molecular flexibility index (Phi) is 7.00. The summed E-state index contributed by atoms with van der Waals surface area (Å²) in [5.41, 5.74) is -0.110. The van der Waals surface area contributed by atoms with Gasteiger partial charge in [0.05, 0.1) is 11.9 Å². The molecule has 130 valence electrons. The van der Waals surface area contributed by atoms with E-state index in [0.717, 1.165) is 23.4 Å². The predicted octanol–water partition coefficient (Wildman–Crippen LogP) is 2.68. The van der Waals surface area contributed by atoms with Crippen molar-refractivity contribution in [3.63, 3.8) is 0 Å². The fraction of sp³-hybridized carbons (Fsp3) is 0.562. The van der Waals surface area contributed by atoms with E-state index in [1.807, 2.05) is 13.8 Å². The SMILES string of the molecule is CCC(CC)NC(=O)C(CC)N(c1ccccc1F)S(C)(=O)=O. The molecule has 0 heterocycles. The van der Waals surface area contributed by atoms with Crippen LogP contribution in [0.2, 0.25) is 0 Å². The minimum absolute atomic E-state index is 0.0291. The van der Waals surface area contributed by atoms with Crippen molar-refractivity contribution in [2.24, 2.45) is 0 Å². The molecule has 0 fully saturated rings. The Hall–Kier alpha value is -1.63. The van der Waals surface area contributed by atoms with Crippen LogP contribution in [0, 0.1) is 5.82 Å². The van der Waals surface area contributed by atoms with Gasteiger partial charge in [0.2, 0.25) is 15.9 Å². The van der Waals surface area contributed by atoms with Gasteiger partial charge in [0.1, 0.15) is 11.9 Å². The van der Waals surface area contributed by atoms with Gasteiger partial charge in [-0.25, -0.2) is 12.8 Å². The molecule has 1 amide bonds. The van der Waals surface area contributed by atoms with Crippen LogP contribution < -0.4 is 9.62 Å². The van der Waals surface area contributed by atoms with E-state index < -0.39 is 27.8 Å². The Morgan fingerprint density at radius 2 is 1.74 bits per heavy atom. The number of para-hydroxylation sites is 1. The van der Waals surface area contributed by atoms with E-state index in [-0.39, 0.29) is 18.2 Å². The first kappa shape index (κ1) is 19.4. The number of sulfonamides is 1. The van der Waals surface area contributed by atoms with Crippen LogP contribution in [0.25, 0.3) is 0 Å². The lowest BCUT2D eigenvalue weighted by atomic mass is 10.1. The van der Waals surface area contributed by atoms with Crippen LogP contribution in [-0.2, 0) is 14.8 Å². The molecule has 0 bridgehead atoms. The van der Waals surface area contributed by atoms with Gasteiger partial charge in [0, 0.05) is 6.04 Å². The zero-order valence-corrected chi connectivity index (χ0v) is 14.9. The van der Waals surface area contributed by atoms with E-state index in [2.05, 4.69) is 5.32 Å². The predicted molar refractivity (Wildman–Crippen MR) is 90.3 cm³/mol. The fourth-order valence-electron chi connectivity index (χ4n) is 2.46. The molecular weight excluding hydrogens is 319 g/mol. The summed E-state index contributed by atoms with van der Waals surface area (Å²) in [6, 6.07) is 4.55. The minimum Gasteiger partial charge on any atom is -0.352 e. The summed E-state index contributed by atoms with van der Waals surface area (Å²) in [4.78, 5) is 12.5. The van der Waals surface area contributed by atoms with E-state index in [9.17, 15) is 17.6 Å². The number of nitrogens with zero attached hydrogens (tertiary/aromatic N) is 1. The van der Waals surface area contributed by atoms with Crippen LogP contribution in [0.3, 0.4) is 0 Å². The second-order valence-electron chi connectivity index (χ2n) is 5.46. The Morgan fingerprint density at radius 3 is 2.17 bits per heavy atom. The molecule has 0 spiro atoms. The van der Waals surface area contributed by atoms with Gasteiger partial charge < -0.3 is 5.32 Å². The third-order valence-corrected chi connectivity index (χ3v) is 4.92. The number of amides is 1. The lowest BCUT2D eigenvalue weighted by Crippen LogP contribution is -2.51. The maximum Gasteiger partial charge on any atom is 0.244 e. The molecule has 0 aromatic heterocycles. The molecular formula is C16H25FN2O3S. The van der Waals surface area contributed by atoms with Gasteiger partial charge in [-0.05, 0) is 31.4 Å². The third-order valence-electron chi connectivity index (χ3n) is 3.75. The van der Waals surface area contributed by atoms with Crippen LogP contribution in [0.1, 0.15) is 40.0 Å². The van der Waals surface area contributed by atoms with Crippen molar-refractivity contribution in [2.75, 3.05) is 10.6 Å². The maximum absolute atomic E-state index is 14.1. The Bertz CT molecular complexity index is 630. The standard InChI is InChI=1S/C16H25FN2O3S/c1-5-12(6-2)18-16(20)14(7-3)19(23(4,21)22)15-11-9-8-10-13(15)17/h8-12,14H,5-7H2,1-4H3,(H,18,20). The van der Waals surface area contributed by atoms with E-state index in [0.29, 0.717) is 0 Å². The van der Waals surface area contributed by atoms with E-state index in [4.69, 9.17) is 0 Å². The molecule has 0 saturated heterocycles. The number of carbonyl (C=O) groups is 1. The molecule has 5 nitrogen and oxygen atoms in total. The highest BCUT2D eigenvalue weighted by Crippen LogP contribution is 2.25. The quantitative estimate of drug-likeness (QED) is 0.788. The minimum atomic E-state index is -3.81. The summed E-state index contributed by atoms with van der Waals surface area (Å²) in [7, 11) is -3.81. The highest BCUT2D eigenvalue weighted by molar-refractivity contribution is 7.92. The Morgan fingerprint density at radius 1 is 1.17 bits per heavy atom. The van der Waals surface area contributed by atoms with Crippen molar-refractivity contribution in [3.8, 4) is 0 Å². The third kappa shape index (κ3) is 4.92. The summed E-state index contributed by atoms with van der Waals surface area (Å²) in [6.45, 7) is 5.59. The van der Waals surface area contributed by atoms with Crippen LogP contribution in [0.5, 0.6) is 0 Å². The lowest BCUT2D eigenvalue weighted by Gasteiger charge is -2.31. The second kappa shape index (κ2) is 8.29. The number of carbonyl (C=O) groups excluding carboxylic acids is 1. The zero-order valence-electron chi connectivity index (χ0n) is 14.0. The van der Waals surface area contributed by atoms with Crippen molar-refractivity contribution in [3.05, 3.63) is 30.1 Å². The number of nitrogens with one attached hydrogen (secondary N) is 1.